The summed E-state index contributed by atoms with van der Waals surface area (Å²) < 4.78 is 5.94. The molecule has 2 aromatic heterocycles. The Balaban J connectivity index is 1.98. The van der Waals surface area contributed by atoms with Crippen molar-refractivity contribution in [1.29, 1.82) is 0 Å². The number of esters is 1. The van der Waals surface area contributed by atoms with E-state index in [9.17, 15) is 14.4 Å². The fourth-order valence-corrected chi connectivity index (χ4v) is 1.82. The molecule has 0 saturated heterocycles. The van der Waals surface area contributed by atoms with E-state index >= 15 is 0 Å². The molecule has 0 atom stereocenters. The lowest BCUT2D eigenvalue weighted by Crippen LogP contribution is -2.31. The van der Waals surface area contributed by atoms with E-state index in [1.165, 1.54) is 36.2 Å². The second kappa shape index (κ2) is 7.16. The van der Waals surface area contributed by atoms with Crippen molar-refractivity contribution in [2.75, 3.05) is 13.7 Å². The molecule has 7 nitrogen and oxygen atoms in total. The zero-order chi connectivity index (χ0) is 15.9. The van der Waals surface area contributed by atoms with Crippen LogP contribution in [0.2, 0.25) is 0 Å². The summed E-state index contributed by atoms with van der Waals surface area (Å²) in [5, 5.41) is 2.66. The van der Waals surface area contributed by atoms with Gasteiger partial charge in [0.05, 0.1) is 12.7 Å². The fourth-order valence-electron chi connectivity index (χ4n) is 1.82. The molecule has 2 aromatic rings. The number of carbonyl (C=O) groups is 2. The number of amides is 1. The highest BCUT2D eigenvalue weighted by molar-refractivity contribution is 5.92. The lowest BCUT2D eigenvalue weighted by molar-refractivity contribution is 0.0599. The van der Waals surface area contributed by atoms with E-state index in [2.05, 4.69) is 15.0 Å². The number of ether oxygens (including phenoxy) is 1. The largest absolute Gasteiger partial charge is 0.465 e. The molecule has 22 heavy (non-hydrogen) atoms. The SMILES string of the molecule is COC(=O)c1ccc(=O)n(CCNC(=O)c2ccccn2)c1. The quantitative estimate of drug-likeness (QED) is 0.810. The Labute approximate surface area is 126 Å². The minimum absolute atomic E-state index is 0.236. The molecule has 0 aliphatic carbocycles. The summed E-state index contributed by atoms with van der Waals surface area (Å²) in [5.41, 5.74) is 0.316. The van der Waals surface area contributed by atoms with Crippen LogP contribution < -0.4 is 10.9 Å². The second-order valence-electron chi connectivity index (χ2n) is 4.41. The molecule has 0 aliphatic rings. The van der Waals surface area contributed by atoms with Gasteiger partial charge in [0.15, 0.2) is 0 Å². The predicted molar refractivity (Wildman–Crippen MR) is 78.6 cm³/mol. The van der Waals surface area contributed by atoms with Gasteiger partial charge in [-0.25, -0.2) is 4.79 Å². The van der Waals surface area contributed by atoms with Crippen LogP contribution in [0.4, 0.5) is 0 Å². The Morgan fingerprint density at radius 2 is 2.09 bits per heavy atom. The van der Waals surface area contributed by atoms with E-state index in [4.69, 9.17) is 0 Å². The molecule has 0 fully saturated rings. The van der Waals surface area contributed by atoms with E-state index in [-0.39, 0.29) is 30.1 Å². The molecule has 1 amide bonds. The first-order valence-electron chi connectivity index (χ1n) is 6.60. The van der Waals surface area contributed by atoms with Crippen molar-refractivity contribution in [3.63, 3.8) is 0 Å². The second-order valence-corrected chi connectivity index (χ2v) is 4.41. The number of nitrogens with zero attached hydrogens (tertiary/aromatic N) is 2. The van der Waals surface area contributed by atoms with E-state index in [0.29, 0.717) is 5.69 Å². The Bertz CT molecular complexity index is 725. The average Bonchev–Trinajstić information content (AvgIpc) is 2.56. The summed E-state index contributed by atoms with van der Waals surface area (Å²) in [4.78, 5) is 38.9. The fraction of sp³-hybridized carbons (Fsp3) is 0.200. The molecule has 0 unspecified atom stereocenters. The molecule has 0 saturated carbocycles. The third-order valence-corrected chi connectivity index (χ3v) is 2.94. The van der Waals surface area contributed by atoms with Crippen LogP contribution in [0.5, 0.6) is 0 Å². The van der Waals surface area contributed by atoms with Gasteiger partial charge in [0.2, 0.25) is 0 Å². The first kappa shape index (κ1) is 15.4. The van der Waals surface area contributed by atoms with Crippen molar-refractivity contribution in [2.24, 2.45) is 0 Å². The summed E-state index contributed by atoms with van der Waals surface area (Å²) in [7, 11) is 1.27. The average molecular weight is 301 g/mol. The number of aromatic nitrogens is 2. The van der Waals surface area contributed by atoms with Crippen LogP contribution in [0.15, 0.2) is 47.5 Å². The lowest BCUT2D eigenvalue weighted by atomic mass is 10.3. The molecule has 2 heterocycles. The molecular weight excluding hydrogens is 286 g/mol. The Kier molecular flexibility index (Phi) is 5.02. The van der Waals surface area contributed by atoms with E-state index in [0.717, 1.165) is 0 Å². The molecule has 2 rings (SSSR count). The minimum atomic E-state index is -0.522. The lowest BCUT2D eigenvalue weighted by Gasteiger charge is -2.08. The maximum Gasteiger partial charge on any atom is 0.339 e. The van der Waals surface area contributed by atoms with Crippen LogP contribution in [-0.4, -0.2) is 35.1 Å². The Hall–Kier alpha value is -2.96. The smallest absolute Gasteiger partial charge is 0.339 e. The number of methoxy groups -OCH3 is 1. The predicted octanol–water partition coefficient (Wildman–Crippen LogP) is 0.460. The van der Waals surface area contributed by atoms with Crippen molar-refractivity contribution in [2.45, 2.75) is 6.54 Å². The first-order chi connectivity index (χ1) is 10.6. The summed E-state index contributed by atoms with van der Waals surface area (Å²) >= 11 is 0. The maximum atomic E-state index is 11.8. The van der Waals surface area contributed by atoms with Crippen LogP contribution in [0.1, 0.15) is 20.8 Å². The van der Waals surface area contributed by atoms with Crippen LogP contribution in [0, 0.1) is 0 Å². The first-order valence-corrected chi connectivity index (χ1v) is 6.60. The number of nitrogens with one attached hydrogen (secondary N) is 1. The van der Waals surface area contributed by atoms with Gasteiger partial charge in [-0.3, -0.25) is 14.6 Å². The molecule has 0 spiro atoms. The third-order valence-electron chi connectivity index (χ3n) is 2.94. The van der Waals surface area contributed by atoms with Crippen molar-refractivity contribution < 1.29 is 14.3 Å². The highest BCUT2D eigenvalue weighted by Gasteiger charge is 2.08. The monoisotopic (exact) mass is 301 g/mol. The zero-order valence-corrected chi connectivity index (χ0v) is 12.0. The molecule has 0 radical (unpaired) electrons. The summed E-state index contributed by atoms with van der Waals surface area (Å²) in [6, 6.07) is 7.71. The summed E-state index contributed by atoms with van der Waals surface area (Å²) in [6.07, 6.45) is 2.93. The van der Waals surface area contributed by atoms with Crippen molar-refractivity contribution in [3.05, 3.63) is 64.3 Å². The van der Waals surface area contributed by atoms with Crippen LogP contribution in [0.25, 0.3) is 0 Å². The summed E-state index contributed by atoms with van der Waals surface area (Å²) in [6.45, 7) is 0.474. The molecule has 7 heteroatoms. The number of carbonyl (C=O) groups excluding carboxylic acids is 2. The minimum Gasteiger partial charge on any atom is -0.465 e. The molecule has 0 aliphatic heterocycles. The van der Waals surface area contributed by atoms with Crippen LogP contribution >= 0.6 is 0 Å². The number of hydrogen-bond donors (Lipinski definition) is 1. The topological polar surface area (TPSA) is 90.3 Å². The van der Waals surface area contributed by atoms with Gasteiger partial charge in [-0.1, -0.05) is 6.07 Å². The highest BCUT2D eigenvalue weighted by atomic mass is 16.5. The maximum absolute atomic E-state index is 11.8. The van der Waals surface area contributed by atoms with E-state index in [1.807, 2.05) is 0 Å². The normalized spacial score (nSPS) is 10.0. The van der Waals surface area contributed by atoms with Gasteiger partial charge in [0.1, 0.15) is 5.69 Å². The van der Waals surface area contributed by atoms with Crippen LogP contribution in [0.3, 0.4) is 0 Å². The van der Waals surface area contributed by atoms with Gasteiger partial charge in [-0.05, 0) is 18.2 Å². The van der Waals surface area contributed by atoms with Crippen LogP contribution in [-0.2, 0) is 11.3 Å². The standard InChI is InChI=1S/C15H15N3O4/c1-22-15(21)11-5-6-13(19)18(10-11)9-8-17-14(20)12-4-2-3-7-16-12/h2-7,10H,8-9H2,1H3,(H,17,20). The highest BCUT2D eigenvalue weighted by Crippen LogP contribution is 1.98. The van der Waals surface area contributed by atoms with E-state index in [1.54, 1.807) is 18.2 Å². The summed E-state index contributed by atoms with van der Waals surface area (Å²) in [5.74, 6) is -0.843. The number of hydrogen-bond acceptors (Lipinski definition) is 5. The molecule has 0 bridgehead atoms. The van der Waals surface area contributed by atoms with Gasteiger partial charge < -0.3 is 14.6 Å². The number of pyridine rings is 2. The Morgan fingerprint density at radius 1 is 1.27 bits per heavy atom. The molecule has 0 aromatic carbocycles. The zero-order valence-electron chi connectivity index (χ0n) is 12.0. The van der Waals surface area contributed by atoms with E-state index < -0.39 is 5.97 Å². The van der Waals surface area contributed by atoms with Gasteiger partial charge in [-0.15, -0.1) is 0 Å². The number of rotatable bonds is 5. The Morgan fingerprint density at radius 3 is 2.77 bits per heavy atom. The van der Waals surface area contributed by atoms with Gasteiger partial charge in [0.25, 0.3) is 11.5 Å². The van der Waals surface area contributed by atoms with Crippen molar-refractivity contribution in [1.82, 2.24) is 14.9 Å². The van der Waals surface area contributed by atoms with Gasteiger partial charge in [-0.2, -0.15) is 0 Å². The van der Waals surface area contributed by atoms with Crippen molar-refractivity contribution in [3.8, 4) is 0 Å². The van der Waals surface area contributed by atoms with Gasteiger partial charge in [0, 0.05) is 31.5 Å². The third kappa shape index (κ3) is 3.78. The molecular formula is C15H15N3O4. The van der Waals surface area contributed by atoms with Gasteiger partial charge >= 0.3 is 5.97 Å². The van der Waals surface area contributed by atoms with Crippen molar-refractivity contribution >= 4 is 11.9 Å². The molecule has 1 N–H and O–H groups in total. The molecule has 114 valence electrons.